The van der Waals surface area contributed by atoms with Crippen LogP contribution in [-0.2, 0) is 0 Å². The molecular weight excluding hydrogens is 331 g/mol. The minimum absolute atomic E-state index is 0.0360. The third-order valence-electron chi connectivity index (χ3n) is 4.03. The van der Waals surface area contributed by atoms with Crippen molar-refractivity contribution < 1.29 is 9.18 Å². The number of halogens is 2. The maximum Gasteiger partial charge on any atom is 0.274 e. The summed E-state index contributed by atoms with van der Waals surface area (Å²) in [4.78, 5) is 21.0. The molecule has 24 heavy (non-hydrogen) atoms. The van der Waals surface area contributed by atoms with Crippen LogP contribution in [-0.4, -0.2) is 49.0 Å². The van der Waals surface area contributed by atoms with Crippen LogP contribution in [0.3, 0.4) is 0 Å². The molecule has 1 aromatic heterocycles. The van der Waals surface area contributed by atoms with E-state index in [0.717, 1.165) is 31.9 Å². The Balaban J connectivity index is 1.66. The van der Waals surface area contributed by atoms with Crippen LogP contribution in [0, 0.1) is 5.82 Å². The molecule has 1 aliphatic heterocycles. The van der Waals surface area contributed by atoms with Crippen molar-refractivity contribution in [3.63, 3.8) is 0 Å². The highest BCUT2D eigenvalue weighted by Gasteiger charge is 2.15. The predicted octanol–water partition coefficient (Wildman–Crippen LogP) is 2.88. The van der Waals surface area contributed by atoms with E-state index in [0.29, 0.717) is 11.4 Å². The second-order valence-corrected chi connectivity index (χ2v) is 6.18. The summed E-state index contributed by atoms with van der Waals surface area (Å²) in [6.45, 7) is 3.90. The highest BCUT2D eigenvalue weighted by atomic mass is 35.5. The lowest BCUT2D eigenvalue weighted by molar-refractivity contribution is 0.102. The molecule has 1 amide bonds. The van der Waals surface area contributed by atoms with Gasteiger partial charge in [-0.1, -0.05) is 11.6 Å². The van der Waals surface area contributed by atoms with Gasteiger partial charge in [0, 0.05) is 31.9 Å². The van der Waals surface area contributed by atoms with Gasteiger partial charge >= 0.3 is 0 Å². The van der Waals surface area contributed by atoms with E-state index in [1.54, 1.807) is 12.3 Å². The van der Waals surface area contributed by atoms with Crippen molar-refractivity contribution in [2.45, 2.75) is 0 Å². The van der Waals surface area contributed by atoms with Gasteiger partial charge < -0.3 is 15.1 Å². The number of carbonyl (C=O) groups excluding carboxylic acids is 1. The topological polar surface area (TPSA) is 48.5 Å². The maximum absolute atomic E-state index is 13.1. The number of hydrogen-bond acceptors (Lipinski definition) is 4. The summed E-state index contributed by atoms with van der Waals surface area (Å²) in [5, 5.41) is 2.62. The SMILES string of the molecule is CN1CCN(c2ccc(C(=O)Nc3ccc(F)c(Cl)c3)nc2)CC1. The van der Waals surface area contributed by atoms with E-state index in [4.69, 9.17) is 11.6 Å². The first kappa shape index (κ1) is 16.7. The number of aromatic nitrogens is 1. The number of hydrogen-bond donors (Lipinski definition) is 1. The van der Waals surface area contributed by atoms with Gasteiger partial charge in [0.15, 0.2) is 0 Å². The maximum atomic E-state index is 13.1. The lowest BCUT2D eigenvalue weighted by atomic mass is 10.2. The number of likely N-dealkylation sites (N-methyl/N-ethyl adjacent to an activating group) is 1. The van der Waals surface area contributed by atoms with E-state index in [2.05, 4.69) is 27.1 Å². The zero-order valence-corrected chi connectivity index (χ0v) is 14.1. The van der Waals surface area contributed by atoms with Gasteiger partial charge in [-0.15, -0.1) is 0 Å². The third-order valence-corrected chi connectivity index (χ3v) is 4.32. The highest BCUT2D eigenvalue weighted by Crippen LogP contribution is 2.20. The van der Waals surface area contributed by atoms with Crippen molar-refractivity contribution in [3.05, 3.63) is 53.1 Å². The number of benzene rings is 1. The number of nitrogens with one attached hydrogen (secondary N) is 1. The Morgan fingerprint density at radius 2 is 1.96 bits per heavy atom. The molecule has 5 nitrogen and oxygen atoms in total. The van der Waals surface area contributed by atoms with Crippen LogP contribution in [0.4, 0.5) is 15.8 Å². The van der Waals surface area contributed by atoms with Crippen LogP contribution in [0.5, 0.6) is 0 Å². The van der Waals surface area contributed by atoms with Gasteiger partial charge in [0.2, 0.25) is 0 Å². The normalized spacial score (nSPS) is 15.4. The average molecular weight is 349 g/mol. The van der Waals surface area contributed by atoms with E-state index in [9.17, 15) is 9.18 Å². The Hall–Kier alpha value is -2.18. The molecule has 126 valence electrons. The largest absolute Gasteiger partial charge is 0.368 e. The second-order valence-electron chi connectivity index (χ2n) is 5.77. The average Bonchev–Trinajstić information content (AvgIpc) is 2.59. The van der Waals surface area contributed by atoms with Gasteiger partial charge in [-0.3, -0.25) is 4.79 Å². The number of piperazine rings is 1. The minimum atomic E-state index is -0.524. The molecule has 0 saturated carbocycles. The van der Waals surface area contributed by atoms with Gasteiger partial charge in [-0.2, -0.15) is 0 Å². The van der Waals surface area contributed by atoms with E-state index >= 15 is 0 Å². The Kier molecular flexibility index (Phi) is 4.97. The summed E-state index contributed by atoms with van der Waals surface area (Å²) < 4.78 is 13.1. The molecule has 1 fully saturated rings. The molecule has 2 heterocycles. The molecule has 0 aliphatic carbocycles. The molecule has 1 aromatic carbocycles. The fraction of sp³-hybridized carbons (Fsp3) is 0.294. The number of anilines is 2. The molecule has 0 radical (unpaired) electrons. The van der Waals surface area contributed by atoms with Crippen molar-refractivity contribution in [2.24, 2.45) is 0 Å². The number of rotatable bonds is 3. The van der Waals surface area contributed by atoms with Crippen molar-refractivity contribution in [2.75, 3.05) is 43.4 Å². The highest BCUT2D eigenvalue weighted by molar-refractivity contribution is 6.31. The third kappa shape index (κ3) is 3.83. The molecule has 1 aliphatic rings. The smallest absolute Gasteiger partial charge is 0.274 e. The van der Waals surface area contributed by atoms with Crippen LogP contribution in [0.2, 0.25) is 5.02 Å². The zero-order chi connectivity index (χ0) is 17.1. The first-order valence-corrected chi connectivity index (χ1v) is 8.06. The van der Waals surface area contributed by atoms with Crippen LogP contribution in [0.25, 0.3) is 0 Å². The molecule has 3 rings (SSSR count). The molecule has 0 bridgehead atoms. The van der Waals surface area contributed by atoms with Gasteiger partial charge in [0.25, 0.3) is 5.91 Å². The first-order chi connectivity index (χ1) is 11.5. The van der Waals surface area contributed by atoms with E-state index in [-0.39, 0.29) is 10.9 Å². The van der Waals surface area contributed by atoms with Crippen LogP contribution >= 0.6 is 11.6 Å². The van der Waals surface area contributed by atoms with Crippen LogP contribution < -0.4 is 10.2 Å². The van der Waals surface area contributed by atoms with Gasteiger partial charge in [-0.05, 0) is 37.4 Å². The monoisotopic (exact) mass is 348 g/mol. The van der Waals surface area contributed by atoms with E-state index in [1.165, 1.54) is 18.2 Å². The van der Waals surface area contributed by atoms with Crippen LogP contribution in [0.15, 0.2) is 36.5 Å². The first-order valence-electron chi connectivity index (χ1n) is 7.69. The summed E-state index contributed by atoms with van der Waals surface area (Å²) in [6, 6.07) is 7.62. The number of carbonyl (C=O) groups is 1. The minimum Gasteiger partial charge on any atom is -0.368 e. The summed E-state index contributed by atoms with van der Waals surface area (Å²) in [7, 11) is 2.10. The molecule has 0 spiro atoms. The predicted molar refractivity (Wildman–Crippen MR) is 93.3 cm³/mol. The number of nitrogens with zero attached hydrogens (tertiary/aromatic N) is 3. The summed E-state index contributed by atoms with van der Waals surface area (Å²) >= 11 is 5.71. The van der Waals surface area contributed by atoms with Crippen molar-refractivity contribution in [3.8, 4) is 0 Å². The Morgan fingerprint density at radius 1 is 1.21 bits per heavy atom. The molecule has 7 heteroatoms. The Bertz CT molecular complexity index is 730. The van der Waals surface area contributed by atoms with E-state index in [1.807, 2.05) is 6.07 Å². The molecular formula is C17H18ClFN4O. The van der Waals surface area contributed by atoms with Gasteiger partial charge in [-0.25, -0.2) is 9.37 Å². The lowest BCUT2D eigenvalue weighted by Gasteiger charge is -2.33. The fourth-order valence-corrected chi connectivity index (χ4v) is 2.72. The van der Waals surface area contributed by atoms with E-state index < -0.39 is 5.82 Å². The number of amides is 1. The molecule has 2 aromatic rings. The van der Waals surface area contributed by atoms with Gasteiger partial charge in [0.05, 0.1) is 16.9 Å². The van der Waals surface area contributed by atoms with Crippen molar-refractivity contribution in [1.29, 1.82) is 0 Å². The molecule has 0 atom stereocenters. The second kappa shape index (κ2) is 7.15. The molecule has 1 saturated heterocycles. The van der Waals surface area contributed by atoms with Crippen molar-refractivity contribution >= 4 is 28.9 Å². The standard InChI is InChI=1S/C17H18ClFN4O/c1-22-6-8-23(9-7-22)13-3-5-16(20-11-13)17(24)21-12-2-4-15(19)14(18)10-12/h2-5,10-11H,6-9H2,1H3,(H,21,24). The van der Waals surface area contributed by atoms with Crippen molar-refractivity contribution in [1.82, 2.24) is 9.88 Å². The van der Waals surface area contributed by atoms with Gasteiger partial charge in [0.1, 0.15) is 11.5 Å². The molecule has 1 N–H and O–H groups in total. The van der Waals surface area contributed by atoms with Crippen LogP contribution in [0.1, 0.15) is 10.5 Å². The summed E-state index contributed by atoms with van der Waals surface area (Å²) in [6.07, 6.45) is 1.71. The Labute approximate surface area is 145 Å². The Morgan fingerprint density at radius 3 is 2.58 bits per heavy atom. The fourth-order valence-electron chi connectivity index (χ4n) is 2.54. The number of pyridine rings is 1. The summed E-state index contributed by atoms with van der Waals surface area (Å²) in [5.74, 6) is -0.882. The molecule has 0 unspecified atom stereocenters. The lowest BCUT2D eigenvalue weighted by Crippen LogP contribution is -2.44. The quantitative estimate of drug-likeness (QED) is 0.926. The zero-order valence-electron chi connectivity index (χ0n) is 13.3. The summed E-state index contributed by atoms with van der Waals surface area (Å²) in [5.41, 5.74) is 1.73.